The maximum absolute atomic E-state index is 13.4. The first-order valence-electron chi connectivity index (χ1n) is 5.04. The number of hydrogen-bond donors (Lipinski definition) is 1. The van der Waals surface area contributed by atoms with Crippen LogP contribution in [0.4, 0.5) is 14.5 Å². The molecule has 0 amide bonds. The molecule has 1 N–H and O–H groups in total. The number of rotatable bonds is 3. The van der Waals surface area contributed by atoms with E-state index in [1.807, 2.05) is 4.72 Å². The Labute approximate surface area is 121 Å². The first-order chi connectivity index (χ1) is 8.81. The minimum Gasteiger partial charge on any atom is -0.277 e. The van der Waals surface area contributed by atoms with Gasteiger partial charge in [0.15, 0.2) is 11.6 Å². The van der Waals surface area contributed by atoms with E-state index in [0.29, 0.717) is 8.66 Å². The third-order valence-electron chi connectivity index (χ3n) is 2.33. The smallest absolute Gasteiger partial charge is 0.263 e. The van der Waals surface area contributed by atoms with Crippen molar-refractivity contribution in [3.63, 3.8) is 0 Å². The summed E-state index contributed by atoms with van der Waals surface area (Å²) in [6.07, 6.45) is 0. The van der Waals surface area contributed by atoms with Gasteiger partial charge in [0.2, 0.25) is 0 Å². The van der Waals surface area contributed by atoms with Gasteiger partial charge in [0.1, 0.15) is 4.90 Å². The van der Waals surface area contributed by atoms with E-state index in [-0.39, 0.29) is 4.90 Å². The molecule has 0 aliphatic rings. The predicted octanol–water partition coefficient (Wildman–Crippen LogP) is 3.90. The Bertz CT molecular complexity index is 728. The van der Waals surface area contributed by atoms with Crippen molar-refractivity contribution in [1.82, 2.24) is 0 Å². The molecule has 0 aliphatic carbocycles. The summed E-state index contributed by atoms with van der Waals surface area (Å²) in [5.74, 6) is -2.33. The highest BCUT2D eigenvalue weighted by molar-refractivity contribution is 9.11. The lowest BCUT2D eigenvalue weighted by Crippen LogP contribution is -2.14. The first kappa shape index (κ1) is 14.4. The summed E-state index contributed by atoms with van der Waals surface area (Å²) >= 11 is 4.42. The van der Waals surface area contributed by atoms with Crippen LogP contribution in [0.15, 0.2) is 32.9 Å². The van der Waals surface area contributed by atoms with Crippen molar-refractivity contribution in [2.75, 3.05) is 4.72 Å². The van der Waals surface area contributed by atoms with Gasteiger partial charge in [-0.05, 0) is 41.1 Å². The molecule has 3 nitrogen and oxygen atoms in total. The lowest BCUT2D eigenvalue weighted by molar-refractivity contribution is 0.511. The highest BCUT2D eigenvalue weighted by Gasteiger charge is 2.21. The normalized spacial score (nSPS) is 11.6. The van der Waals surface area contributed by atoms with Gasteiger partial charge < -0.3 is 0 Å². The summed E-state index contributed by atoms with van der Waals surface area (Å²) in [7, 11) is -3.94. The number of aryl methyl sites for hydroxylation is 1. The minimum absolute atomic E-state index is 0.0352. The summed E-state index contributed by atoms with van der Waals surface area (Å²) in [6, 6.07) is 4.72. The quantitative estimate of drug-likeness (QED) is 0.893. The van der Waals surface area contributed by atoms with E-state index in [9.17, 15) is 17.2 Å². The van der Waals surface area contributed by atoms with Crippen molar-refractivity contribution in [2.45, 2.75) is 11.8 Å². The van der Waals surface area contributed by atoms with Crippen LogP contribution in [0.3, 0.4) is 0 Å². The lowest BCUT2D eigenvalue weighted by Gasteiger charge is -2.08. The fourth-order valence-electron chi connectivity index (χ4n) is 1.48. The van der Waals surface area contributed by atoms with Gasteiger partial charge in [-0.3, -0.25) is 4.72 Å². The largest absolute Gasteiger partial charge is 0.277 e. The molecule has 0 unspecified atom stereocenters. The fourth-order valence-corrected chi connectivity index (χ4v) is 4.95. The molecule has 0 radical (unpaired) electrons. The third-order valence-corrected chi connectivity index (χ3v) is 5.50. The van der Waals surface area contributed by atoms with E-state index in [0.717, 1.165) is 12.1 Å². The second kappa shape index (κ2) is 5.18. The maximum Gasteiger partial charge on any atom is 0.263 e. The summed E-state index contributed by atoms with van der Waals surface area (Å²) in [4.78, 5) is 0.587. The van der Waals surface area contributed by atoms with E-state index in [1.54, 1.807) is 6.92 Å². The van der Waals surface area contributed by atoms with E-state index in [4.69, 9.17) is 0 Å². The molecule has 0 aliphatic heterocycles. The highest BCUT2D eigenvalue weighted by atomic mass is 79.9. The summed E-state index contributed by atoms with van der Waals surface area (Å²) in [5, 5.41) is 0. The fraction of sp³-hybridized carbons (Fsp3) is 0.0909. The van der Waals surface area contributed by atoms with Gasteiger partial charge >= 0.3 is 0 Å². The van der Waals surface area contributed by atoms with E-state index in [2.05, 4.69) is 15.9 Å². The molecule has 102 valence electrons. The molecule has 19 heavy (non-hydrogen) atoms. The Hall–Kier alpha value is -0.990. The van der Waals surface area contributed by atoms with Gasteiger partial charge in [0.05, 0.1) is 9.47 Å². The Kier molecular flexibility index (Phi) is 3.93. The Morgan fingerprint density at radius 2 is 2.00 bits per heavy atom. The van der Waals surface area contributed by atoms with Crippen molar-refractivity contribution in [2.24, 2.45) is 0 Å². The zero-order chi connectivity index (χ0) is 14.2. The first-order valence-corrected chi connectivity index (χ1v) is 8.13. The van der Waals surface area contributed by atoms with Gasteiger partial charge in [-0.2, -0.15) is 0 Å². The molecule has 0 saturated carbocycles. The second-order valence-corrected chi connectivity index (χ2v) is 7.96. The number of nitrogens with one attached hydrogen (secondary N) is 1. The molecule has 0 spiro atoms. The van der Waals surface area contributed by atoms with Crippen LogP contribution in [0.5, 0.6) is 0 Å². The van der Waals surface area contributed by atoms with Crippen molar-refractivity contribution in [1.29, 1.82) is 0 Å². The average molecular weight is 368 g/mol. The van der Waals surface area contributed by atoms with Crippen LogP contribution in [-0.2, 0) is 10.0 Å². The maximum atomic E-state index is 13.4. The third kappa shape index (κ3) is 2.96. The molecular formula is C11H8BrF2NO2S2. The van der Waals surface area contributed by atoms with Crippen LogP contribution < -0.4 is 4.72 Å². The van der Waals surface area contributed by atoms with Gasteiger partial charge in [-0.25, -0.2) is 17.2 Å². The molecule has 0 fully saturated rings. The van der Waals surface area contributed by atoms with Crippen LogP contribution in [0.2, 0.25) is 0 Å². The summed E-state index contributed by atoms with van der Waals surface area (Å²) < 4.78 is 53.3. The Morgan fingerprint density at radius 3 is 2.58 bits per heavy atom. The molecule has 2 rings (SSSR count). The zero-order valence-electron chi connectivity index (χ0n) is 9.58. The molecule has 0 saturated heterocycles. The van der Waals surface area contributed by atoms with E-state index >= 15 is 0 Å². The monoisotopic (exact) mass is 367 g/mol. The zero-order valence-corrected chi connectivity index (χ0v) is 12.8. The summed E-state index contributed by atoms with van der Waals surface area (Å²) in [6.45, 7) is 1.63. The predicted molar refractivity (Wildman–Crippen MR) is 73.9 cm³/mol. The van der Waals surface area contributed by atoms with Crippen LogP contribution in [0.25, 0.3) is 0 Å². The van der Waals surface area contributed by atoms with Crippen molar-refractivity contribution in [3.8, 4) is 0 Å². The van der Waals surface area contributed by atoms with Gasteiger partial charge in [-0.1, -0.05) is 6.07 Å². The van der Waals surface area contributed by atoms with Gasteiger partial charge in [0, 0.05) is 4.88 Å². The number of sulfonamides is 1. The van der Waals surface area contributed by atoms with Gasteiger partial charge in [0.25, 0.3) is 10.0 Å². The highest BCUT2D eigenvalue weighted by Crippen LogP contribution is 2.31. The van der Waals surface area contributed by atoms with Crippen molar-refractivity contribution < 1.29 is 17.2 Å². The lowest BCUT2D eigenvalue weighted by atomic mass is 10.3. The Morgan fingerprint density at radius 1 is 1.32 bits per heavy atom. The van der Waals surface area contributed by atoms with E-state index in [1.165, 1.54) is 23.5 Å². The van der Waals surface area contributed by atoms with Crippen LogP contribution in [-0.4, -0.2) is 8.42 Å². The molecule has 1 aromatic heterocycles. The average Bonchev–Trinajstić information content (AvgIpc) is 2.65. The van der Waals surface area contributed by atoms with E-state index < -0.39 is 27.3 Å². The molecule has 2 aromatic rings. The Balaban J connectivity index is 2.42. The molecule has 0 atom stereocenters. The molecular weight excluding hydrogens is 360 g/mol. The van der Waals surface area contributed by atoms with Crippen LogP contribution in [0, 0.1) is 18.6 Å². The number of halogens is 3. The van der Waals surface area contributed by atoms with Gasteiger partial charge in [-0.15, -0.1) is 11.3 Å². The topological polar surface area (TPSA) is 46.2 Å². The molecule has 8 heteroatoms. The van der Waals surface area contributed by atoms with Crippen molar-refractivity contribution in [3.05, 3.63) is 44.6 Å². The summed E-state index contributed by atoms with van der Waals surface area (Å²) in [5.41, 5.74) is -0.415. The van der Waals surface area contributed by atoms with Crippen LogP contribution >= 0.6 is 27.3 Å². The molecule has 0 bridgehead atoms. The molecule has 1 heterocycles. The van der Waals surface area contributed by atoms with Crippen LogP contribution in [0.1, 0.15) is 4.88 Å². The number of hydrogen-bond acceptors (Lipinski definition) is 3. The SMILES string of the molecule is Cc1sc(Br)cc1S(=O)(=O)Nc1cccc(F)c1F. The number of benzene rings is 1. The number of thiophene rings is 1. The molecule has 1 aromatic carbocycles. The number of anilines is 1. The second-order valence-electron chi connectivity index (χ2n) is 3.68. The van der Waals surface area contributed by atoms with Crippen molar-refractivity contribution >= 4 is 43.0 Å². The minimum atomic E-state index is -3.94. The standard InChI is InChI=1S/C11H8BrF2NO2S2/c1-6-9(5-10(12)18-6)19(16,17)15-8-4-2-3-7(13)11(8)14/h2-5,15H,1H3.